The Morgan fingerprint density at radius 3 is 3.08 bits per heavy atom. The van der Waals surface area contributed by atoms with Crippen LogP contribution in [0.3, 0.4) is 0 Å². The molecule has 0 aromatic rings. The third-order valence-corrected chi connectivity index (χ3v) is 3.17. The first-order valence-corrected chi connectivity index (χ1v) is 5.16. The second-order valence-corrected chi connectivity index (χ2v) is 4.00. The van der Waals surface area contributed by atoms with Gasteiger partial charge in [0.2, 0.25) is 0 Å². The molecule has 2 bridgehead atoms. The zero-order valence-corrected chi connectivity index (χ0v) is 8.03. The van der Waals surface area contributed by atoms with E-state index < -0.39 is 0 Å². The molecule has 2 heteroatoms. The van der Waals surface area contributed by atoms with E-state index in [0.717, 1.165) is 5.92 Å². The van der Waals surface area contributed by atoms with Crippen LogP contribution in [0, 0.1) is 17.8 Å². The summed E-state index contributed by atoms with van der Waals surface area (Å²) in [4.78, 5) is 11.5. The lowest BCUT2D eigenvalue weighted by molar-refractivity contribution is -0.148. The smallest absolute Gasteiger partial charge is 0.313 e. The summed E-state index contributed by atoms with van der Waals surface area (Å²) in [6, 6.07) is 0. The molecule has 2 nitrogen and oxygen atoms in total. The Morgan fingerprint density at radius 1 is 1.46 bits per heavy atom. The Bertz CT molecular complexity index is 232. The summed E-state index contributed by atoms with van der Waals surface area (Å²) in [5.41, 5.74) is 0. The van der Waals surface area contributed by atoms with Crippen LogP contribution in [0.2, 0.25) is 0 Å². The van der Waals surface area contributed by atoms with Crippen molar-refractivity contribution in [1.82, 2.24) is 0 Å². The predicted molar refractivity (Wildman–Crippen MR) is 50.1 cm³/mol. The minimum absolute atomic E-state index is 0.0240. The summed E-state index contributed by atoms with van der Waals surface area (Å²) in [6.45, 7) is 2.36. The maximum Gasteiger partial charge on any atom is 0.313 e. The van der Waals surface area contributed by atoms with Gasteiger partial charge < -0.3 is 4.74 Å². The number of carbonyl (C=O) groups is 1. The number of esters is 1. The number of hydrogen-bond acceptors (Lipinski definition) is 2. The fourth-order valence-corrected chi connectivity index (χ4v) is 2.50. The molecule has 2 rings (SSSR count). The molecule has 1 saturated carbocycles. The highest BCUT2D eigenvalue weighted by Crippen LogP contribution is 2.41. The van der Waals surface area contributed by atoms with Gasteiger partial charge in [-0.3, -0.25) is 4.79 Å². The van der Waals surface area contributed by atoms with Crippen LogP contribution in [-0.4, -0.2) is 12.6 Å². The number of hydrogen-bond donors (Lipinski definition) is 0. The zero-order chi connectivity index (χ0) is 9.26. The fraction of sp³-hybridized carbons (Fsp3) is 0.727. The van der Waals surface area contributed by atoms with E-state index in [2.05, 4.69) is 12.2 Å². The van der Waals surface area contributed by atoms with Gasteiger partial charge in [-0.1, -0.05) is 12.2 Å². The predicted octanol–water partition coefficient (Wildman–Crippen LogP) is 2.15. The highest BCUT2D eigenvalue weighted by Gasteiger charge is 2.36. The maximum atomic E-state index is 11.5. The SMILES string of the molecule is CCOC(=O)C1C=CC2CCC1C2. The molecule has 0 aromatic heterocycles. The standard InChI is InChI=1S/C11H16O2/c1-2-13-11(12)10-6-4-8-3-5-9(10)7-8/h4,6,8-10H,2-3,5,7H2,1H3. The van der Waals surface area contributed by atoms with E-state index in [1.54, 1.807) is 0 Å². The molecule has 0 aromatic carbocycles. The quantitative estimate of drug-likeness (QED) is 0.481. The second kappa shape index (κ2) is 3.52. The molecule has 0 aliphatic heterocycles. The van der Waals surface area contributed by atoms with Crippen LogP contribution in [0.4, 0.5) is 0 Å². The van der Waals surface area contributed by atoms with Crippen molar-refractivity contribution in [2.45, 2.75) is 26.2 Å². The fourth-order valence-electron chi connectivity index (χ4n) is 2.50. The summed E-state index contributed by atoms with van der Waals surface area (Å²) >= 11 is 0. The van der Waals surface area contributed by atoms with Crippen molar-refractivity contribution >= 4 is 5.97 Å². The average molecular weight is 180 g/mol. The Labute approximate surface area is 79.0 Å². The molecule has 2 aliphatic rings. The van der Waals surface area contributed by atoms with E-state index in [1.807, 2.05) is 6.92 Å². The van der Waals surface area contributed by atoms with Gasteiger partial charge in [0.15, 0.2) is 0 Å². The van der Waals surface area contributed by atoms with Gasteiger partial charge in [-0.05, 0) is 38.0 Å². The Balaban J connectivity index is 2.03. The molecule has 0 amide bonds. The first kappa shape index (κ1) is 8.79. The molecule has 0 N–H and O–H groups in total. The Hall–Kier alpha value is -0.790. The van der Waals surface area contributed by atoms with Crippen LogP contribution >= 0.6 is 0 Å². The third kappa shape index (κ3) is 1.62. The number of rotatable bonds is 2. The van der Waals surface area contributed by atoms with Crippen molar-refractivity contribution in [3.05, 3.63) is 12.2 Å². The van der Waals surface area contributed by atoms with Crippen LogP contribution < -0.4 is 0 Å². The Kier molecular flexibility index (Phi) is 2.38. The summed E-state index contributed by atoms with van der Waals surface area (Å²) < 4.78 is 5.04. The van der Waals surface area contributed by atoms with Gasteiger partial charge in [0.05, 0.1) is 12.5 Å². The summed E-state index contributed by atoms with van der Waals surface area (Å²) in [5.74, 6) is 1.34. The first-order chi connectivity index (χ1) is 6.31. The van der Waals surface area contributed by atoms with Crippen molar-refractivity contribution in [3.63, 3.8) is 0 Å². The van der Waals surface area contributed by atoms with Gasteiger partial charge in [-0.25, -0.2) is 0 Å². The van der Waals surface area contributed by atoms with E-state index in [-0.39, 0.29) is 11.9 Å². The van der Waals surface area contributed by atoms with Crippen molar-refractivity contribution in [3.8, 4) is 0 Å². The van der Waals surface area contributed by atoms with Gasteiger partial charge in [-0.2, -0.15) is 0 Å². The molecule has 0 radical (unpaired) electrons. The average Bonchev–Trinajstić information content (AvgIpc) is 2.48. The maximum absolute atomic E-state index is 11.5. The van der Waals surface area contributed by atoms with E-state index in [0.29, 0.717) is 12.5 Å². The summed E-state index contributed by atoms with van der Waals surface area (Å²) in [6.07, 6.45) is 7.91. The molecule has 72 valence electrons. The van der Waals surface area contributed by atoms with E-state index in [9.17, 15) is 4.79 Å². The van der Waals surface area contributed by atoms with Crippen molar-refractivity contribution in [2.75, 3.05) is 6.61 Å². The number of carbonyl (C=O) groups excluding carboxylic acids is 1. The van der Waals surface area contributed by atoms with E-state index in [1.165, 1.54) is 19.3 Å². The summed E-state index contributed by atoms with van der Waals surface area (Å²) in [7, 11) is 0. The van der Waals surface area contributed by atoms with Crippen LogP contribution in [0.25, 0.3) is 0 Å². The van der Waals surface area contributed by atoms with Gasteiger partial charge in [-0.15, -0.1) is 0 Å². The molecule has 0 saturated heterocycles. The minimum Gasteiger partial charge on any atom is -0.466 e. The lowest BCUT2D eigenvalue weighted by atomic mass is 9.85. The lowest BCUT2D eigenvalue weighted by Crippen LogP contribution is -2.24. The van der Waals surface area contributed by atoms with Gasteiger partial charge in [0.25, 0.3) is 0 Å². The second-order valence-electron chi connectivity index (χ2n) is 4.00. The number of allylic oxidation sites excluding steroid dienone is 1. The zero-order valence-electron chi connectivity index (χ0n) is 8.03. The van der Waals surface area contributed by atoms with Gasteiger partial charge in [0, 0.05) is 0 Å². The summed E-state index contributed by atoms with van der Waals surface area (Å²) in [5, 5.41) is 0. The third-order valence-electron chi connectivity index (χ3n) is 3.17. The lowest BCUT2D eigenvalue weighted by Gasteiger charge is -2.21. The van der Waals surface area contributed by atoms with E-state index >= 15 is 0 Å². The van der Waals surface area contributed by atoms with Crippen LogP contribution in [0.15, 0.2) is 12.2 Å². The van der Waals surface area contributed by atoms with Crippen molar-refractivity contribution < 1.29 is 9.53 Å². The largest absolute Gasteiger partial charge is 0.466 e. The minimum atomic E-state index is -0.0240. The van der Waals surface area contributed by atoms with Crippen molar-refractivity contribution in [1.29, 1.82) is 0 Å². The van der Waals surface area contributed by atoms with E-state index in [4.69, 9.17) is 4.74 Å². The highest BCUT2D eigenvalue weighted by molar-refractivity contribution is 5.75. The molecular formula is C11H16O2. The molecule has 13 heavy (non-hydrogen) atoms. The molecule has 0 heterocycles. The van der Waals surface area contributed by atoms with Crippen LogP contribution in [-0.2, 0) is 9.53 Å². The molecular weight excluding hydrogens is 164 g/mol. The van der Waals surface area contributed by atoms with Crippen molar-refractivity contribution in [2.24, 2.45) is 17.8 Å². The monoisotopic (exact) mass is 180 g/mol. The topological polar surface area (TPSA) is 26.3 Å². The molecule has 1 fully saturated rings. The molecule has 3 atom stereocenters. The molecule has 0 spiro atoms. The highest BCUT2D eigenvalue weighted by atomic mass is 16.5. The van der Waals surface area contributed by atoms with Gasteiger partial charge in [0.1, 0.15) is 0 Å². The van der Waals surface area contributed by atoms with Crippen LogP contribution in [0.1, 0.15) is 26.2 Å². The Morgan fingerprint density at radius 2 is 2.31 bits per heavy atom. The molecule has 2 aliphatic carbocycles. The van der Waals surface area contributed by atoms with Gasteiger partial charge >= 0.3 is 5.97 Å². The molecule has 3 unspecified atom stereocenters. The van der Waals surface area contributed by atoms with Crippen LogP contribution in [0.5, 0.6) is 0 Å². The first-order valence-electron chi connectivity index (χ1n) is 5.16. The normalized spacial score (nSPS) is 36.2. The number of ether oxygens (including phenoxy) is 1. The number of fused-ring (bicyclic) bond motifs is 2.